The molecule has 2 amide bonds. The molecule has 1 fully saturated rings. The average molecular weight is 405 g/mol. The van der Waals surface area contributed by atoms with Gasteiger partial charge < -0.3 is 14.6 Å². The third kappa shape index (κ3) is 4.31. The number of likely N-dealkylation sites (tertiary alicyclic amines) is 1. The van der Waals surface area contributed by atoms with Gasteiger partial charge in [-0.3, -0.25) is 9.59 Å². The van der Waals surface area contributed by atoms with E-state index in [1.54, 1.807) is 6.26 Å². The van der Waals surface area contributed by atoms with Gasteiger partial charge in [-0.1, -0.05) is 15.9 Å². The van der Waals surface area contributed by atoms with E-state index in [0.29, 0.717) is 31.5 Å². The monoisotopic (exact) mass is 404 g/mol. The molecule has 0 saturated carbocycles. The van der Waals surface area contributed by atoms with Crippen LogP contribution < -0.4 is 5.32 Å². The standard InChI is InChI=1S/C19H21BrN2O3/c1-13(17-3-2-12-25-17)21-18(23)14-8-10-22(11-9-14)19(24)15-4-6-16(20)7-5-15/h2-7,12-14H,8-11H2,1H3,(H,21,23)/t13-/m0/s1. The van der Waals surface area contributed by atoms with Gasteiger partial charge in [0.05, 0.1) is 12.3 Å². The highest BCUT2D eigenvalue weighted by atomic mass is 79.9. The molecule has 1 atom stereocenters. The molecule has 0 bridgehead atoms. The van der Waals surface area contributed by atoms with Crippen molar-refractivity contribution < 1.29 is 14.0 Å². The van der Waals surface area contributed by atoms with Crippen LogP contribution in [-0.2, 0) is 4.79 Å². The number of amides is 2. The minimum Gasteiger partial charge on any atom is -0.467 e. The molecule has 1 aromatic heterocycles. The van der Waals surface area contributed by atoms with Crippen molar-refractivity contribution in [3.63, 3.8) is 0 Å². The molecular weight excluding hydrogens is 384 g/mol. The van der Waals surface area contributed by atoms with E-state index in [1.807, 2.05) is 48.2 Å². The van der Waals surface area contributed by atoms with Crippen LogP contribution in [-0.4, -0.2) is 29.8 Å². The molecule has 25 heavy (non-hydrogen) atoms. The average Bonchev–Trinajstić information content (AvgIpc) is 3.17. The SMILES string of the molecule is C[C@H](NC(=O)C1CCN(C(=O)c2ccc(Br)cc2)CC1)c1ccco1. The minimum atomic E-state index is -0.148. The van der Waals surface area contributed by atoms with Gasteiger partial charge in [0.15, 0.2) is 0 Å². The maximum Gasteiger partial charge on any atom is 0.253 e. The lowest BCUT2D eigenvalue weighted by Gasteiger charge is -2.32. The normalized spacial score (nSPS) is 16.5. The van der Waals surface area contributed by atoms with E-state index in [-0.39, 0.29) is 23.8 Å². The molecule has 6 heteroatoms. The van der Waals surface area contributed by atoms with E-state index in [0.717, 1.165) is 10.2 Å². The molecule has 3 rings (SSSR count). The maximum absolute atomic E-state index is 12.5. The van der Waals surface area contributed by atoms with E-state index < -0.39 is 0 Å². The topological polar surface area (TPSA) is 62.6 Å². The van der Waals surface area contributed by atoms with Crippen LogP contribution in [0.3, 0.4) is 0 Å². The van der Waals surface area contributed by atoms with Crippen molar-refractivity contribution in [3.05, 3.63) is 58.5 Å². The lowest BCUT2D eigenvalue weighted by Crippen LogP contribution is -2.43. The Labute approximate surface area is 155 Å². The number of nitrogens with one attached hydrogen (secondary N) is 1. The van der Waals surface area contributed by atoms with Crippen molar-refractivity contribution in [2.24, 2.45) is 5.92 Å². The summed E-state index contributed by atoms with van der Waals surface area (Å²) >= 11 is 3.37. The number of carbonyl (C=O) groups is 2. The predicted molar refractivity (Wildman–Crippen MR) is 98.0 cm³/mol. The van der Waals surface area contributed by atoms with Crippen molar-refractivity contribution in [2.75, 3.05) is 13.1 Å². The fourth-order valence-electron chi connectivity index (χ4n) is 3.06. The molecule has 2 aromatic rings. The number of halogens is 1. The molecule has 1 aromatic carbocycles. The minimum absolute atomic E-state index is 0.0234. The number of hydrogen-bond donors (Lipinski definition) is 1. The summed E-state index contributed by atoms with van der Waals surface area (Å²) in [5, 5.41) is 2.99. The molecule has 5 nitrogen and oxygen atoms in total. The summed E-state index contributed by atoms with van der Waals surface area (Å²) in [5.41, 5.74) is 0.678. The Hall–Kier alpha value is -2.08. The zero-order valence-corrected chi connectivity index (χ0v) is 15.7. The molecule has 0 radical (unpaired) electrons. The zero-order valence-electron chi connectivity index (χ0n) is 14.1. The third-order valence-corrected chi connectivity index (χ3v) is 5.10. The Morgan fingerprint density at radius 2 is 1.88 bits per heavy atom. The van der Waals surface area contributed by atoms with Gasteiger partial charge in [-0.15, -0.1) is 0 Å². The van der Waals surface area contributed by atoms with Gasteiger partial charge >= 0.3 is 0 Å². The molecule has 132 valence electrons. The molecular formula is C19H21BrN2O3. The van der Waals surface area contributed by atoms with Gasteiger partial charge in [-0.05, 0) is 56.2 Å². The summed E-state index contributed by atoms with van der Waals surface area (Å²) in [6, 6.07) is 10.9. The molecule has 2 heterocycles. The first-order chi connectivity index (χ1) is 12.0. The number of rotatable bonds is 4. The lowest BCUT2D eigenvalue weighted by molar-refractivity contribution is -0.127. The number of hydrogen-bond acceptors (Lipinski definition) is 3. The Morgan fingerprint density at radius 3 is 2.48 bits per heavy atom. The van der Waals surface area contributed by atoms with Gasteiger partial charge in [0.1, 0.15) is 5.76 Å². The Kier molecular flexibility index (Phi) is 5.58. The molecule has 0 spiro atoms. The van der Waals surface area contributed by atoms with Crippen LogP contribution in [0.4, 0.5) is 0 Å². The predicted octanol–water partition coefficient (Wildman–Crippen LogP) is 3.77. The number of carbonyl (C=O) groups excluding carboxylic acids is 2. The van der Waals surface area contributed by atoms with Crippen LogP contribution in [0, 0.1) is 5.92 Å². The highest BCUT2D eigenvalue weighted by Crippen LogP contribution is 2.22. The quantitative estimate of drug-likeness (QED) is 0.843. The van der Waals surface area contributed by atoms with Crippen LogP contribution in [0.2, 0.25) is 0 Å². The first-order valence-electron chi connectivity index (χ1n) is 8.43. The van der Waals surface area contributed by atoms with Crippen LogP contribution in [0.25, 0.3) is 0 Å². The van der Waals surface area contributed by atoms with Crippen molar-refractivity contribution >= 4 is 27.7 Å². The number of benzene rings is 1. The Morgan fingerprint density at radius 1 is 1.20 bits per heavy atom. The van der Waals surface area contributed by atoms with Crippen LogP contribution in [0.5, 0.6) is 0 Å². The molecule has 0 unspecified atom stereocenters. The molecule has 0 aliphatic carbocycles. The second kappa shape index (κ2) is 7.87. The maximum atomic E-state index is 12.5. The summed E-state index contributed by atoms with van der Waals surface area (Å²) < 4.78 is 6.27. The third-order valence-electron chi connectivity index (χ3n) is 4.57. The van der Waals surface area contributed by atoms with Gasteiger partial charge in [-0.25, -0.2) is 0 Å². The largest absolute Gasteiger partial charge is 0.467 e. The Bertz CT molecular complexity index is 720. The van der Waals surface area contributed by atoms with Crippen LogP contribution in [0.1, 0.15) is 41.9 Å². The van der Waals surface area contributed by atoms with Gasteiger partial charge in [0.25, 0.3) is 5.91 Å². The van der Waals surface area contributed by atoms with Gasteiger partial charge in [-0.2, -0.15) is 0 Å². The first-order valence-corrected chi connectivity index (χ1v) is 9.22. The highest BCUT2D eigenvalue weighted by molar-refractivity contribution is 9.10. The summed E-state index contributed by atoms with van der Waals surface area (Å²) in [7, 11) is 0. The smallest absolute Gasteiger partial charge is 0.253 e. The van der Waals surface area contributed by atoms with Gasteiger partial charge in [0.2, 0.25) is 5.91 Å². The van der Waals surface area contributed by atoms with Crippen LogP contribution >= 0.6 is 15.9 Å². The molecule has 1 N–H and O–H groups in total. The zero-order chi connectivity index (χ0) is 17.8. The molecule has 1 aliphatic rings. The number of piperidine rings is 1. The van der Waals surface area contributed by atoms with E-state index in [1.165, 1.54) is 0 Å². The van der Waals surface area contributed by atoms with E-state index in [4.69, 9.17) is 4.42 Å². The fraction of sp³-hybridized carbons (Fsp3) is 0.368. The number of furan rings is 1. The van der Waals surface area contributed by atoms with Crippen molar-refractivity contribution in [3.8, 4) is 0 Å². The van der Waals surface area contributed by atoms with E-state index >= 15 is 0 Å². The van der Waals surface area contributed by atoms with E-state index in [2.05, 4.69) is 21.2 Å². The van der Waals surface area contributed by atoms with Gasteiger partial charge in [0, 0.05) is 29.0 Å². The lowest BCUT2D eigenvalue weighted by atomic mass is 9.95. The van der Waals surface area contributed by atoms with E-state index in [9.17, 15) is 9.59 Å². The second-order valence-electron chi connectivity index (χ2n) is 6.32. The summed E-state index contributed by atoms with van der Waals surface area (Å²) in [6.45, 7) is 3.10. The fourth-order valence-corrected chi connectivity index (χ4v) is 3.32. The molecule has 1 aliphatic heterocycles. The van der Waals surface area contributed by atoms with Crippen molar-refractivity contribution in [2.45, 2.75) is 25.8 Å². The van der Waals surface area contributed by atoms with Crippen LogP contribution in [0.15, 0.2) is 51.6 Å². The Balaban J connectivity index is 1.52. The molecule has 1 saturated heterocycles. The van der Waals surface area contributed by atoms with Crippen molar-refractivity contribution in [1.29, 1.82) is 0 Å². The van der Waals surface area contributed by atoms with Crippen molar-refractivity contribution in [1.82, 2.24) is 10.2 Å². The second-order valence-corrected chi connectivity index (χ2v) is 7.23. The summed E-state index contributed by atoms with van der Waals surface area (Å²) in [5.74, 6) is 0.734. The first kappa shape index (κ1) is 17.7. The number of nitrogens with zero attached hydrogens (tertiary/aromatic N) is 1. The summed E-state index contributed by atoms with van der Waals surface area (Å²) in [4.78, 5) is 26.8. The highest BCUT2D eigenvalue weighted by Gasteiger charge is 2.28. The summed E-state index contributed by atoms with van der Waals surface area (Å²) in [6.07, 6.45) is 2.96.